The van der Waals surface area contributed by atoms with Gasteiger partial charge >= 0.3 is 0 Å². The minimum Gasteiger partial charge on any atom is -0.456 e. The van der Waals surface area contributed by atoms with Crippen LogP contribution in [0.1, 0.15) is 28.9 Å². The van der Waals surface area contributed by atoms with Gasteiger partial charge in [-0.3, -0.25) is 0 Å². The van der Waals surface area contributed by atoms with E-state index >= 15 is 0 Å². The van der Waals surface area contributed by atoms with E-state index in [1.807, 2.05) is 54.6 Å². The highest BCUT2D eigenvalue weighted by Crippen LogP contribution is 2.41. The van der Waals surface area contributed by atoms with E-state index < -0.39 is 84.1 Å². The molecule has 8 aromatic rings. The molecule has 0 bridgehead atoms. The van der Waals surface area contributed by atoms with Crippen LogP contribution in [-0.4, -0.2) is 0 Å². The molecule has 8 rings (SSSR count). The highest BCUT2D eigenvalue weighted by molar-refractivity contribution is 6.15. The van der Waals surface area contributed by atoms with Crippen LogP contribution in [0.25, 0.3) is 65.7 Å². The maximum atomic E-state index is 9.18. The summed E-state index contributed by atoms with van der Waals surface area (Å²) in [5.41, 5.74) is 3.14. The van der Waals surface area contributed by atoms with E-state index in [1.54, 1.807) is 12.1 Å². The van der Waals surface area contributed by atoms with Crippen LogP contribution in [0.4, 0.5) is 0 Å². The summed E-state index contributed by atoms with van der Waals surface area (Å²) in [6, 6.07) is 12.9. The summed E-state index contributed by atoms with van der Waals surface area (Å²) in [7, 11) is 0. The second-order valence-corrected chi connectivity index (χ2v) is 9.50. The molecule has 1 heteroatoms. The lowest BCUT2D eigenvalue weighted by Crippen LogP contribution is -1.96. The Hall–Kier alpha value is -5.14. The third kappa shape index (κ3) is 3.63. The van der Waals surface area contributed by atoms with E-state index in [9.17, 15) is 2.74 Å². The third-order valence-corrected chi connectivity index (χ3v) is 7.29. The van der Waals surface area contributed by atoms with Gasteiger partial charge in [0.2, 0.25) is 0 Å². The first-order valence-electron chi connectivity index (χ1n) is 19.3. The second kappa shape index (κ2) is 9.25. The first kappa shape index (κ1) is 13.3. The van der Waals surface area contributed by atoms with Gasteiger partial charge in [0.25, 0.3) is 0 Å². The Kier molecular flexibility index (Phi) is 3.07. The molecule has 0 saturated heterocycles. The first-order chi connectivity index (χ1) is 25.2. The predicted octanol–water partition coefficient (Wildman–Crippen LogP) is 10.8. The molecule has 0 atom stereocenters. The zero-order chi connectivity index (χ0) is 37.8. The molecule has 0 aliphatic heterocycles. The van der Waals surface area contributed by atoms with Gasteiger partial charge in [-0.2, -0.15) is 0 Å². The zero-order valence-corrected chi connectivity index (χ0v) is 21.0. The van der Waals surface area contributed by atoms with Gasteiger partial charge in [-0.25, -0.2) is 0 Å². The lowest BCUT2D eigenvalue weighted by Gasteiger charge is -2.17. The molecule has 1 heterocycles. The lowest BCUT2D eigenvalue weighted by molar-refractivity contribution is 0.669. The Labute approximate surface area is 251 Å². The van der Waals surface area contributed by atoms with E-state index in [-0.39, 0.29) is 39.1 Å². The summed E-state index contributed by atoms with van der Waals surface area (Å²) in [6.07, 6.45) is -0.0790. The number of furan rings is 1. The molecule has 40 heavy (non-hydrogen) atoms. The minimum atomic E-state index is -0.706. The normalized spacial score (nSPS) is 16.1. The fourth-order valence-corrected chi connectivity index (χ4v) is 5.55. The van der Waals surface area contributed by atoms with Gasteiger partial charge in [-0.05, 0) is 79.5 Å². The maximum Gasteiger partial charge on any atom is 0.136 e. The van der Waals surface area contributed by atoms with Gasteiger partial charge in [0.15, 0.2) is 0 Å². The Bertz CT molecular complexity index is 2790. The molecule has 0 saturated carbocycles. The number of benzene rings is 7. The monoisotopic (exact) mass is 523 g/mol. The standard InChI is InChI=1S/C39H26O/c1-3-12-26(13-4-1)28-22-23-34-37(25-28)40-36-21-11-16-29(39(34)36)24-35-30-17-7-9-19-32(30)38(27-14-5-2-6-15-27)33-20-10-8-18-31(33)35/h1-23,25H,24H2/i2D,5D,6D,7D,8D,9D,10D,14D,15D,17D,18D,19D,20D. The summed E-state index contributed by atoms with van der Waals surface area (Å²) in [4.78, 5) is 0. The number of hydrogen-bond acceptors (Lipinski definition) is 1. The highest BCUT2D eigenvalue weighted by Gasteiger charge is 2.18. The molecule has 0 unspecified atom stereocenters. The molecule has 1 nitrogen and oxygen atoms in total. The number of fused-ring (bicyclic) bond motifs is 5. The number of hydrogen-bond donors (Lipinski definition) is 0. The van der Waals surface area contributed by atoms with E-state index in [0.29, 0.717) is 22.1 Å². The van der Waals surface area contributed by atoms with Crippen molar-refractivity contribution in [2.45, 2.75) is 6.42 Å². The van der Waals surface area contributed by atoms with Crippen LogP contribution in [0.3, 0.4) is 0 Å². The van der Waals surface area contributed by atoms with Crippen molar-refractivity contribution in [2.24, 2.45) is 0 Å². The highest BCUT2D eigenvalue weighted by atomic mass is 16.3. The summed E-state index contributed by atoms with van der Waals surface area (Å²) in [6.45, 7) is 0. The van der Waals surface area contributed by atoms with Crippen molar-refractivity contribution in [3.8, 4) is 22.3 Å². The van der Waals surface area contributed by atoms with Crippen LogP contribution in [0.2, 0.25) is 0 Å². The van der Waals surface area contributed by atoms with Gasteiger partial charge in [-0.15, -0.1) is 0 Å². The maximum absolute atomic E-state index is 9.18. The van der Waals surface area contributed by atoms with Crippen LogP contribution in [-0.2, 0) is 6.42 Å². The molecule has 0 aliphatic rings. The molecule has 0 amide bonds. The minimum absolute atomic E-state index is 0.0790. The van der Waals surface area contributed by atoms with Crippen molar-refractivity contribution >= 4 is 43.5 Å². The summed E-state index contributed by atoms with van der Waals surface area (Å²) >= 11 is 0. The van der Waals surface area contributed by atoms with Crippen LogP contribution >= 0.6 is 0 Å². The van der Waals surface area contributed by atoms with Gasteiger partial charge in [0.1, 0.15) is 11.2 Å². The SMILES string of the molecule is [2H]c1c([2H])c([2H])c(-c2c3c([2H])c([2H])c([2H])c([2H])c3c(Cc3cccc4oc5cc(-c6ccccc6)ccc5c34)c3c([2H])c([2H])c([2H])c([2H])c23)c([2H])c1[2H]. The average Bonchev–Trinajstić information content (AvgIpc) is 3.55. The van der Waals surface area contributed by atoms with Crippen LogP contribution in [0, 0.1) is 0 Å². The van der Waals surface area contributed by atoms with E-state index in [2.05, 4.69) is 0 Å². The molecule has 0 fully saturated rings. The van der Waals surface area contributed by atoms with E-state index in [1.165, 1.54) is 0 Å². The molecule has 188 valence electrons. The van der Waals surface area contributed by atoms with Gasteiger partial charge < -0.3 is 4.42 Å². The van der Waals surface area contributed by atoms with Crippen LogP contribution in [0.15, 0.2) is 150 Å². The fourth-order valence-electron chi connectivity index (χ4n) is 5.55. The van der Waals surface area contributed by atoms with E-state index in [0.717, 1.165) is 16.5 Å². The van der Waals surface area contributed by atoms with Crippen molar-refractivity contribution in [2.75, 3.05) is 0 Å². The van der Waals surface area contributed by atoms with Crippen LogP contribution < -0.4 is 0 Å². The first-order valence-corrected chi connectivity index (χ1v) is 12.8. The van der Waals surface area contributed by atoms with Crippen LogP contribution in [0.5, 0.6) is 0 Å². The summed E-state index contributed by atoms with van der Waals surface area (Å²) < 4.78 is 120. The average molecular weight is 524 g/mol. The summed E-state index contributed by atoms with van der Waals surface area (Å²) in [5.74, 6) is 0. The van der Waals surface area contributed by atoms with Crippen molar-refractivity contribution in [3.05, 3.63) is 156 Å². The second-order valence-electron chi connectivity index (χ2n) is 9.50. The molecule has 0 spiro atoms. The Morgan fingerprint density at radius 1 is 0.500 bits per heavy atom. The molecule has 0 N–H and O–H groups in total. The Morgan fingerprint density at radius 3 is 1.90 bits per heavy atom. The van der Waals surface area contributed by atoms with Crippen molar-refractivity contribution < 1.29 is 22.2 Å². The third-order valence-electron chi connectivity index (χ3n) is 7.29. The van der Waals surface area contributed by atoms with Crippen molar-refractivity contribution in [1.29, 1.82) is 0 Å². The Morgan fingerprint density at radius 2 is 1.18 bits per heavy atom. The molecule has 0 radical (unpaired) electrons. The van der Waals surface area contributed by atoms with Gasteiger partial charge in [0, 0.05) is 10.8 Å². The topological polar surface area (TPSA) is 13.1 Å². The van der Waals surface area contributed by atoms with E-state index in [4.69, 9.17) is 19.5 Å². The molecule has 1 aromatic heterocycles. The largest absolute Gasteiger partial charge is 0.456 e. The quantitative estimate of drug-likeness (QED) is 0.209. The van der Waals surface area contributed by atoms with Gasteiger partial charge in [0.05, 0.1) is 17.8 Å². The molecule has 7 aromatic carbocycles. The summed E-state index contributed by atoms with van der Waals surface area (Å²) in [5, 5.41) is 0.846. The smallest absolute Gasteiger partial charge is 0.136 e. The predicted molar refractivity (Wildman–Crippen MR) is 169 cm³/mol. The molecular weight excluding hydrogens is 484 g/mol. The van der Waals surface area contributed by atoms with Gasteiger partial charge in [-0.1, -0.05) is 127 Å². The lowest BCUT2D eigenvalue weighted by atomic mass is 9.86. The zero-order valence-electron chi connectivity index (χ0n) is 34.0. The fraction of sp³-hybridized carbons (Fsp3) is 0.0256. The molecular formula is C39H26O. The van der Waals surface area contributed by atoms with Crippen molar-refractivity contribution in [1.82, 2.24) is 0 Å². The van der Waals surface area contributed by atoms with Crippen molar-refractivity contribution in [3.63, 3.8) is 0 Å². The number of rotatable bonds is 4. The Balaban J connectivity index is 1.54. The molecule has 0 aliphatic carbocycles.